The number of ketones is 1. The predicted octanol–water partition coefficient (Wildman–Crippen LogP) is 5.03. The number of hydrogen-bond acceptors (Lipinski definition) is 7. The Labute approximate surface area is 227 Å². The molecule has 202 valence electrons. The second-order valence-electron chi connectivity index (χ2n) is 8.87. The normalized spacial score (nSPS) is 15.2. The Balaban J connectivity index is 1.69. The number of carbonyl (C=O) groups is 2. The van der Waals surface area contributed by atoms with Crippen molar-refractivity contribution in [2.24, 2.45) is 0 Å². The summed E-state index contributed by atoms with van der Waals surface area (Å²) in [6.07, 6.45) is 3.41. The number of benzene rings is 3. The highest BCUT2D eigenvalue weighted by Gasteiger charge is 2.43. The first kappa shape index (κ1) is 27.3. The monoisotopic (exact) mass is 529 g/mol. The van der Waals surface area contributed by atoms with Gasteiger partial charge >= 0.3 is 0 Å². The molecule has 3 aromatic carbocycles. The number of phenolic OH excluding ortho intramolecular Hbond substituents is 1. The molecule has 3 aromatic rings. The van der Waals surface area contributed by atoms with Crippen LogP contribution in [0.4, 0.5) is 0 Å². The highest BCUT2D eigenvalue weighted by molar-refractivity contribution is 6.14. The molecule has 8 heteroatoms. The summed E-state index contributed by atoms with van der Waals surface area (Å²) in [5.74, 6) is -0.436. The second-order valence-corrected chi connectivity index (χ2v) is 8.87. The van der Waals surface area contributed by atoms with Crippen LogP contribution in [0.5, 0.6) is 23.0 Å². The number of nitrogens with zero attached hydrogens (tertiary/aromatic N) is 1. The van der Waals surface area contributed by atoms with Gasteiger partial charge in [-0.25, -0.2) is 0 Å². The van der Waals surface area contributed by atoms with E-state index in [4.69, 9.17) is 14.2 Å². The minimum absolute atomic E-state index is 0.0346. The van der Waals surface area contributed by atoms with Crippen molar-refractivity contribution in [3.63, 3.8) is 0 Å². The summed E-state index contributed by atoms with van der Waals surface area (Å²) in [7, 11) is 3.10. The molecule has 0 unspecified atom stereocenters. The molecule has 0 aromatic heterocycles. The van der Waals surface area contributed by atoms with E-state index in [1.807, 2.05) is 42.5 Å². The molecule has 8 nitrogen and oxygen atoms in total. The largest absolute Gasteiger partial charge is 0.504 e. The number of aliphatic hydroxyl groups excluding tert-OH is 1. The van der Waals surface area contributed by atoms with Gasteiger partial charge < -0.3 is 29.3 Å². The Bertz CT molecular complexity index is 1410. The van der Waals surface area contributed by atoms with E-state index in [9.17, 15) is 19.8 Å². The van der Waals surface area contributed by atoms with Gasteiger partial charge in [-0.15, -0.1) is 0 Å². The number of phenols is 1. The zero-order valence-corrected chi connectivity index (χ0v) is 22.1. The molecule has 0 saturated carbocycles. The van der Waals surface area contributed by atoms with E-state index < -0.39 is 23.5 Å². The van der Waals surface area contributed by atoms with Gasteiger partial charge in [0, 0.05) is 6.54 Å². The summed E-state index contributed by atoms with van der Waals surface area (Å²) in [5, 5.41) is 21.2. The number of amides is 1. The van der Waals surface area contributed by atoms with Gasteiger partial charge in [0.2, 0.25) is 0 Å². The van der Waals surface area contributed by atoms with Crippen LogP contribution in [0.3, 0.4) is 0 Å². The quantitative estimate of drug-likeness (QED) is 0.336. The topological polar surface area (TPSA) is 106 Å². The lowest BCUT2D eigenvalue weighted by Crippen LogP contribution is -2.33. The third kappa shape index (κ3) is 5.90. The van der Waals surface area contributed by atoms with Crippen molar-refractivity contribution < 1.29 is 34.0 Å². The summed E-state index contributed by atoms with van der Waals surface area (Å²) in [6.45, 7) is 2.30. The molecule has 39 heavy (non-hydrogen) atoms. The highest BCUT2D eigenvalue weighted by Crippen LogP contribution is 2.41. The van der Waals surface area contributed by atoms with Crippen molar-refractivity contribution in [1.29, 1.82) is 0 Å². The first-order valence-electron chi connectivity index (χ1n) is 12.6. The number of methoxy groups -OCH3 is 2. The Morgan fingerprint density at radius 3 is 2.38 bits per heavy atom. The SMILES string of the molecule is CCOc1cc([C@@H]2C(C(=O)/C=C/c3ccccc3)=C(O)C(=O)N2CCc2ccc(OC)c(OC)c2)ccc1O. The van der Waals surface area contributed by atoms with Crippen molar-refractivity contribution in [2.75, 3.05) is 27.4 Å². The van der Waals surface area contributed by atoms with E-state index >= 15 is 0 Å². The Hall–Kier alpha value is -4.72. The molecular formula is C31H31NO7. The zero-order chi connectivity index (χ0) is 27.9. The van der Waals surface area contributed by atoms with Gasteiger partial charge in [0.25, 0.3) is 5.91 Å². The van der Waals surface area contributed by atoms with Crippen molar-refractivity contribution in [1.82, 2.24) is 4.90 Å². The molecule has 0 bridgehead atoms. The van der Waals surface area contributed by atoms with E-state index in [0.717, 1.165) is 11.1 Å². The smallest absolute Gasteiger partial charge is 0.290 e. The number of hydrogen-bond donors (Lipinski definition) is 2. The lowest BCUT2D eigenvalue weighted by atomic mass is 9.95. The van der Waals surface area contributed by atoms with Gasteiger partial charge in [-0.3, -0.25) is 9.59 Å². The molecule has 1 heterocycles. The van der Waals surface area contributed by atoms with Gasteiger partial charge in [-0.1, -0.05) is 48.5 Å². The number of allylic oxidation sites excluding steroid dienone is 1. The summed E-state index contributed by atoms with van der Waals surface area (Å²) < 4.78 is 16.2. The molecule has 0 saturated heterocycles. The molecular weight excluding hydrogens is 498 g/mol. The molecule has 0 radical (unpaired) electrons. The van der Waals surface area contributed by atoms with E-state index in [1.54, 1.807) is 45.4 Å². The van der Waals surface area contributed by atoms with Crippen molar-refractivity contribution >= 4 is 17.8 Å². The highest BCUT2D eigenvalue weighted by atomic mass is 16.5. The van der Waals surface area contributed by atoms with Crippen molar-refractivity contribution in [3.8, 4) is 23.0 Å². The lowest BCUT2D eigenvalue weighted by molar-refractivity contribution is -0.129. The molecule has 2 N–H and O–H groups in total. The molecule has 0 aliphatic carbocycles. The van der Waals surface area contributed by atoms with Gasteiger partial charge in [0.05, 0.1) is 32.4 Å². The fourth-order valence-corrected chi connectivity index (χ4v) is 4.57. The van der Waals surface area contributed by atoms with Crippen LogP contribution in [0.15, 0.2) is 84.1 Å². The fraction of sp³-hybridized carbons (Fsp3) is 0.226. The van der Waals surface area contributed by atoms with Crippen LogP contribution in [0.1, 0.15) is 29.7 Å². The Morgan fingerprint density at radius 2 is 1.69 bits per heavy atom. The standard InChI is InChI=1S/C31H31NO7/c1-4-39-26-19-22(12-14-23(26)33)29-28(24(34)13-10-20-8-6-5-7-9-20)30(35)31(36)32(29)17-16-21-11-15-25(37-2)27(18-21)38-3/h5-15,18-19,29,33,35H,4,16-17H2,1-3H3/b13-10+/t29-/m1/s1. The first-order valence-corrected chi connectivity index (χ1v) is 12.6. The third-order valence-corrected chi connectivity index (χ3v) is 6.48. The number of aromatic hydroxyl groups is 1. The summed E-state index contributed by atoms with van der Waals surface area (Å²) in [5.41, 5.74) is 2.17. The Morgan fingerprint density at radius 1 is 0.949 bits per heavy atom. The maximum absolute atomic E-state index is 13.4. The molecule has 1 amide bonds. The Kier molecular flexibility index (Phi) is 8.56. The van der Waals surface area contributed by atoms with Crippen LogP contribution in [-0.4, -0.2) is 54.2 Å². The number of rotatable bonds is 11. The molecule has 1 atom stereocenters. The van der Waals surface area contributed by atoms with Gasteiger partial charge in [-0.05, 0) is 60.4 Å². The molecule has 1 aliphatic heterocycles. The number of aliphatic hydroxyl groups is 1. The average molecular weight is 530 g/mol. The summed E-state index contributed by atoms with van der Waals surface area (Å²) in [4.78, 5) is 28.2. The lowest BCUT2D eigenvalue weighted by Gasteiger charge is -2.27. The maximum Gasteiger partial charge on any atom is 0.290 e. The van der Waals surface area contributed by atoms with Crippen molar-refractivity contribution in [3.05, 3.63) is 101 Å². The summed E-state index contributed by atoms with van der Waals surface area (Å²) >= 11 is 0. The maximum atomic E-state index is 13.4. The molecule has 1 aliphatic rings. The van der Waals surface area contributed by atoms with Crippen LogP contribution in [0, 0.1) is 0 Å². The molecule has 0 fully saturated rings. The van der Waals surface area contributed by atoms with Gasteiger partial charge in [-0.2, -0.15) is 0 Å². The minimum atomic E-state index is -0.884. The third-order valence-electron chi connectivity index (χ3n) is 6.48. The van der Waals surface area contributed by atoms with Crippen LogP contribution in [-0.2, 0) is 16.0 Å². The van der Waals surface area contributed by atoms with E-state index in [0.29, 0.717) is 30.1 Å². The van der Waals surface area contributed by atoms with E-state index in [-0.39, 0.29) is 23.6 Å². The van der Waals surface area contributed by atoms with E-state index in [2.05, 4.69) is 0 Å². The summed E-state index contributed by atoms with van der Waals surface area (Å²) in [6, 6.07) is 18.5. The van der Waals surface area contributed by atoms with Gasteiger partial charge in [0.15, 0.2) is 34.5 Å². The van der Waals surface area contributed by atoms with Crippen LogP contribution in [0.25, 0.3) is 6.08 Å². The average Bonchev–Trinajstić information content (AvgIpc) is 3.21. The van der Waals surface area contributed by atoms with Crippen LogP contribution < -0.4 is 14.2 Å². The second kappa shape index (κ2) is 12.2. The number of ether oxygens (including phenoxy) is 3. The van der Waals surface area contributed by atoms with Crippen LogP contribution in [0.2, 0.25) is 0 Å². The van der Waals surface area contributed by atoms with Gasteiger partial charge in [0.1, 0.15) is 0 Å². The van der Waals surface area contributed by atoms with Crippen molar-refractivity contribution in [2.45, 2.75) is 19.4 Å². The fourth-order valence-electron chi connectivity index (χ4n) is 4.57. The predicted molar refractivity (Wildman–Crippen MR) is 147 cm³/mol. The molecule has 4 rings (SSSR count). The first-order chi connectivity index (χ1) is 18.9. The van der Waals surface area contributed by atoms with Crippen LogP contribution >= 0.6 is 0 Å². The van der Waals surface area contributed by atoms with E-state index in [1.165, 1.54) is 17.0 Å². The zero-order valence-electron chi connectivity index (χ0n) is 22.1. The minimum Gasteiger partial charge on any atom is -0.504 e. The molecule has 0 spiro atoms. The number of carbonyl (C=O) groups excluding carboxylic acids is 2.